The molecule has 152 valence electrons. The zero-order valence-corrected chi connectivity index (χ0v) is 18.0. The molecule has 0 atom stereocenters. The number of anilines is 2. The molecule has 1 heterocycles. The van der Waals surface area contributed by atoms with E-state index in [4.69, 9.17) is 0 Å². The lowest BCUT2D eigenvalue weighted by molar-refractivity contribution is 0.102. The Morgan fingerprint density at radius 2 is 1.67 bits per heavy atom. The fourth-order valence-electron chi connectivity index (χ4n) is 3.02. The normalized spacial score (nSPS) is 11.4. The third kappa shape index (κ3) is 4.05. The van der Waals surface area contributed by atoms with Gasteiger partial charge < -0.3 is 0 Å². The van der Waals surface area contributed by atoms with Gasteiger partial charge in [0, 0.05) is 11.3 Å². The number of rotatable bonds is 5. The van der Waals surface area contributed by atoms with Crippen molar-refractivity contribution in [2.75, 3.05) is 10.0 Å². The van der Waals surface area contributed by atoms with E-state index in [9.17, 15) is 13.2 Å². The van der Waals surface area contributed by atoms with E-state index in [1.807, 2.05) is 26.0 Å². The number of carbonyl (C=O) groups is 1. The Balaban J connectivity index is 1.56. The highest BCUT2D eigenvalue weighted by Gasteiger charge is 2.16. The summed E-state index contributed by atoms with van der Waals surface area (Å²) in [4.78, 5) is 17.4. The molecule has 0 bridgehead atoms. The summed E-state index contributed by atoms with van der Waals surface area (Å²) in [6, 6.07) is 18.5. The van der Waals surface area contributed by atoms with Gasteiger partial charge in [-0.1, -0.05) is 47.7 Å². The number of sulfonamides is 1. The molecule has 0 radical (unpaired) electrons. The predicted octanol–water partition coefficient (Wildman–Crippen LogP) is 4.97. The summed E-state index contributed by atoms with van der Waals surface area (Å²) in [5.41, 5.74) is 3.66. The Morgan fingerprint density at radius 3 is 2.40 bits per heavy atom. The van der Waals surface area contributed by atoms with Gasteiger partial charge in [-0.15, -0.1) is 0 Å². The van der Waals surface area contributed by atoms with Crippen molar-refractivity contribution >= 4 is 48.3 Å². The first-order valence-electron chi connectivity index (χ1n) is 9.19. The summed E-state index contributed by atoms with van der Waals surface area (Å²) < 4.78 is 28.6. The number of nitrogens with one attached hydrogen (secondary N) is 2. The second-order valence-electron chi connectivity index (χ2n) is 6.85. The molecule has 3 aromatic carbocycles. The van der Waals surface area contributed by atoms with Crippen LogP contribution >= 0.6 is 11.3 Å². The number of aromatic nitrogens is 1. The number of thiazole rings is 1. The SMILES string of the molecule is Cc1ccc(C)c2sc(NC(=O)c3cccc(NS(=O)(=O)c4ccccc4)c3)nc12. The van der Waals surface area contributed by atoms with Gasteiger partial charge in [0.2, 0.25) is 0 Å². The van der Waals surface area contributed by atoms with Crippen molar-refractivity contribution in [2.24, 2.45) is 0 Å². The minimum absolute atomic E-state index is 0.153. The second-order valence-corrected chi connectivity index (χ2v) is 9.53. The fourth-order valence-corrected chi connectivity index (χ4v) is 5.10. The molecule has 4 rings (SSSR count). The van der Waals surface area contributed by atoms with Crippen molar-refractivity contribution in [3.05, 3.63) is 83.4 Å². The van der Waals surface area contributed by atoms with Crippen LogP contribution in [0.1, 0.15) is 21.5 Å². The molecule has 0 aliphatic heterocycles. The summed E-state index contributed by atoms with van der Waals surface area (Å²) in [7, 11) is -3.73. The monoisotopic (exact) mass is 437 g/mol. The number of amides is 1. The molecule has 1 aromatic heterocycles. The molecule has 0 fully saturated rings. The quantitative estimate of drug-likeness (QED) is 0.462. The van der Waals surface area contributed by atoms with Gasteiger partial charge in [0.05, 0.1) is 15.1 Å². The molecule has 0 spiro atoms. The van der Waals surface area contributed by atoms with Crippen LogP contribution < -0.4 is 10.0 Å². The largest absolute Gasteiger partial charge is 0.298 e. The Hall–Kier alpha value is -3.23. The van der Waals surface area contributed by atoms with Gasteiger partial charge in [-0.05, 0) is 55.3 Å². The first kappa shape index (κ1) is 20.1. The molecule has 8 heteroatoms. The van der Waals surface area contributed by atoms with Gasteiger partial charge in [0.15, 0.2) is 5.13 Å². The summed E-state index contributed by atoms with van der Waals surface area (Å²) >= 11 is 1.42. The van der Waals surface area contributed by atoms with E-state index in [2.05, 4.69) is 15.0 Å². The summed E-state index contributed by atoms with van der Waals surface area (Å²) in [5.74, 6) is -0.356. The Labute approximate surface area is 178 Å². The van der Waals surface area contributed by atoms with Gasteiger partial charge >= 0.3 is 0 Å². The van der Waals surface area contributed by atoms with E-state index in [0.29, 0.717) is 16.4 Å². The van der Waals surface area contributed by atoms with E-state index in [1.54, 1.807) is 36.4 Å². The van der Waals surface area contributed by atoms with Crippen LogP contribution in [0.15, 0.2) is 71.6 Å². The number of hydrogen-bond donors (Lipinski definition) is 2. The fraction of sp³-hybridized carbons (Fsp3) is 0.0909. The number of nitrogens with zero attached hydrogens (tertiary/aromatic N) is 1. The molecule has 0 aliphatic rings. The average Bonchev–Trinajstić information content (AvgIpc) is 3.16. The lowest BCUT2D eigenvalue weighted by Gasteiger charge is -2.09. The predicted molar refractivity (Wildman–Crippen MR) is 121 cm³/mol. The van der Waals surface area contributed by atoms with Gasteiger partial charge in [0.25, 0.3) is 15.9 Å². The molecule has 4 aromatic rings. The van der Waals surface area contributed by atoms with Gasteiger partial charge in [-0.25, -0.2) is 13.4 Å². The van der Waals surface area contributed by atoms with E-state index >= 15 is 0 Å². The molecular formula is C22H19N3O3S2. The first-order valence-corrected chi connectivity index (χ1v) is 11.5. The molecule has 6 nitrogen and oxygen atoms in total. The minimum Gasteiger partial charge on any atom is -0.298 e. The van der Waals surface area contributed by atoms with Gasteiger partial charge in [-0.2, -0.15) is 0 Å². The topological polar surface area (TPSA) is 88.2 Å². The standard InChI is InChI=1S/C22H19N3O3S2/c1-14-11-12-15(2)20-19(14)23-22(29-20)24-21(26)16-7-6-8-17(13-16)25-30(27,28)18-9-4-3-5-10-18/h3-13,25H,1-2H3,(H,23,24,26). The molecule has 0 unspecified atom stereocenters. The van der Waals surface area contributed by atoms with E-state index < -0.39 is 10.0 Å². The van der Waals surface area contributed by atoms with Crippen LogP contribution in [0.4, 0.5) is 10.8 Å². The molecule has 1 amide bonds. The van der Waals surface area contributed by atoms with E-state index in [0.717, 1.165) is 21.3 Å². The number of fused-ring (bicyclic) bond motifs is 1. The maximum atomic E-state index is 12.7. The molecule has 0 aliphatic carbocycles. The maximum absolute atomic E-state index is 12.7. The second kappa shape index (κ2) is 7.89. The van der Waals surface area contributed by atoms with Crippen LogP contribution in [0.3, 0.4) is 0 Å². The van der Waals surface area contributed by atoms with Crippen molar-refractivity contribution in [1.29, 1.82) is 0 Å². The summed E-state index contributed by atoms with van der Waals surface area (Å²) in [5, 5.41) is 3.32. The van der Waals surface area contributed by atoms with Crippen LogP contribution in [0.5, 0.6) is 0 Å². The smallest absolute Gasteiger partial charge is 0.261 e. The molecule has 0 saturated heterocycles. The average molecular weight is 438 g/mol. The summed E-state index contributed by atoms with van der Waals surface area (Å²) in [6.45, 7) is 3.99. The minimum atomic E-state index is -3.73. The maximum Gasteiger partial charge on any atom is 0.261 e. The highest BCUT2D eigenvalue weighted by molar-refractivity contribution is 7.92. The molecular weight excluding hydrogens is 418 g/mol. The van der Waals surface area contributed by atoms with Crippen molar-refractivity contribution in [3.63, 3.8) is 0 Å². The van der Waals surface area contributed by atoms with Crippen LogP contribution in [-0.4, -0.2) is 19.3 Å². The highest BCUT2D eigenvalue weighted by Crippen LogP contribution is 2.31. The van der Waals surface area contributed by atoms with Crippen LogP contribution in [-0.2, 0) is 10.0 Å². The van der Waals surface area contributed by atoms with Crippen molar-refractivity contribution in [2.45, 2.75) is 18.7 Å². The van der Waals surface area contributed by atoms with Crippen molar-refractivity contribution in [1.82, 2.24) is 4.98 Å². The number of aryl methyl sites for hydroxylation is 2. The van der Waals surface area contributed by atoms with Gasteiger partial charge in [0.1, 0.15) is 0 Å². The number of carbonyl (C=O) groups excluding carboxylic acids is 1. The lowest BCUT2D eigenvalue weighted by atomic mass is 10.1. The van der Waals surface area contributed by atoms with Crippen molar-refractivity contribution in [3.8, 4) is 0 Å². The van der Waals surface area contributed by atoms with Crippen LogP contribution in [0.25, 0.3) is 10.2 Å². The molecule has 30 heavy (non-hydrogen) atoms. The Bertz CT molecular complexity index is 1310. The van der Waals surface area contributed by atoms with Crippen LogP contribution in [0, 0.1) is 13.8 Å². The third-order valence-electron chi connectivity index (χ3n) is 4.59. The van der Waals surface area contributed by atoms with Crippen molar-refractivity contribution < 1.29 is 13.2 Å². The van der Waals surface area contributed by atoms with Crippen LogP contribution in [0.2, 0.25) is 0 Å². The van der Waals surface area contributed by atoms with E-state index in [-0.39, 0.29) is 10.8 Å². The molecule has 0 saturated carbocycles. The third-order valence-corrected chi connectivity index (χ3v) is 7.10. The Morgan fingerprint density at radius 1 is 0.933 bits per heavy atom. The van der Waals surface area contributed by atoms with E-state index in [1.165, 1.54) is 29.5 Å². The summed E-state index contributed by atoms with van der Waals surface area (Å²) in [6.07, 6.45) is 0. The zero-order chi connectivity index (χ0) is 21.3. The molecule has 2 N–H and O–H groups in total. The van der Waals surface area contributed by atoms with Gasteiger partial charge in [-0.3, -0.25) is 14.8 Å². The number of hydrogen-bond acceptors (Lipinski definition) is 5. The first-order chi connectivity index (χ1) is 14.3. The highest BCUT2D eigenvalue weighted by atomic mass is 32.2. The zero-order valence-electron chi connectivity index (χ0n) is 16.3. The Kier molecular flexibility index (Phi) is 5.27. The number of benzene rings is 3. The lowest BCUT2D eigenvalue weighted by Crippen LogP contribution is -2.15.